The third kappa shape index (κ3) is 5.88. The first kappa shape index (κ1) is 29.3. The summed E-state index contributed by atoms with van der Waals surface area (Å²) in [6.07, 6.45) is 1.54. The van der Waals surface area contributed by atoms with Crippen LogP contribution in [0.3, 0.4) is 0 Å². The van der Waals surface area contributed by atoms with Crippen molar-refractivity contribution in [2.75, 3.05) is 19.0 Å². The molecule has 0 atom stereocenters. The van der Waals surface area contributed by atoms with E-state index in [9.17, 15) is 9.59 Å². The second-order valence-electron chi connectivity index (χ2n) is 9.76. The van der Waals surface area contributed by atoms with Crippen LogP contribution in [0.25, 0.3) is 33.5 Å². The van der Waals surface area contributed by atoms with Crippen LogP contribution in [0.15, 0.2) is 108 Å². The van der Waals surface area contributed by atoms with Gasteiger partial charge in [-0.1, -0.05) is 36.4 Å². The van der Waals surface area contributed by atoms with Crippen molar-refractivity contribution in [2.24, 2.45) is 5.10 Å². The Morgan fingerprint density at radius 1 is 1.00 bits per heavy atom. The number of aryl methyl sites for hydroxylation is 1. The summed E-state index contributed by atoms with van der Waals surface area (Å²) in [5.74, 6) is 1.40. The molecule has 1 amide bonds. The molecular formula is C33H24Br2N4O5. The molecule has 0 saturated heterocycles. The van der Waals surface area contributed by atoms with Crippen LogP contribution in [-0.4, -0.2) is 35.5 Å². The molecule has 0 aliphatic heterocycles. The largest absolute Gasteiger partial charge is 0.496 e. The van der Waals surface area contributed by atoms with E-state index in [1.165, 1.54) is 10.9 Å². The lowest BCUT2D eigenvalue weighted by Gasteiger charge is -2.12. The lowest BCUT2D eigenvalue weighted by Crippen LogP contribution is -2.21. The number of carbonyl (C=O) groups excluding carboxylic acids is 1. The Bertz CT molecular complexity index is 2110. The minimum absolute atomic E-state index is 0.192. The van der Waals surface area contributed by atoms with Gasteiger partial charge in [0.15, 0.2) is 12.4 Å². The molecule has 0 radical (unpaired) electrons. The Morgan fingerprint density at radius 2 is 1.75 bits per heavy atom. The van der Waals surface area contributed by atoms with E-state index in [4.69, 9.17) is 18.9 Å². The van der Waals surface area contributed by atoms with Crippen LogP contribution >= 0.6 is 31.9 Å². The molecular weight excluding hydrogens is 692 g/mol. The predicted octanol–water partition coefficient (Wildman–Crippen LogP) is 7.55. The first-order valence-corrected chi connectivity index (χ1v) is 15.0. The molecule has 44 heavy (non-hydrogen) atoms. The third-order valence-corrected chi connectivity index (χ3v) is 8.00. The van der Waals surface area contributed by atoms with E-state index in [0.29, 0.717) is 48.3 Å². The minimum atomic E-state index is -0.355. The number of benzene rings is 4. The number of anilines is 1. The lowest BCUT2D eigenvalue weighted by atomic mass is 10.2. The molecule has 4 aromatic carbocycles. The summed E-state index contributed by atoms with van der Waals surface area (Å²) in [7, 11) is 1.59. The number of aromatic nitrogens is 2. The van der Waals surface area contributed by atoms with Crippen molar-refractivity contribution >= 4 is 71.5 Å². The third-order valence-electron chi connectivity index (χ3n) is 6.83. The Morgan fingerprint density at radius 3 is 2.52 bits per heavy atom. The summed E-state index contributed by atoms with van der Waals surface area (Å²) in [5, 5.41) is 8.55. The zero-order valence-electron chi connectivity index (χ0n) is 23.5. The second-order valence-corrected chi connectivity index (χ2v) is 11.5. The van der Waals surface area contributed by atoms with Crippen LogP contribution in [-0.2, 0) is 4.79 Å². The zero-order chi connectivity index (χ0) is 30.8. The maximum Gasteiger partial charge on any atom is 0.282 e. The SMILES string of the molecule is COc1cccc2oc(-c3nc4ccccc4c(=O)n3N=Cc3cc(Br)c(OCC(=O)Nc4ccccc4C)c(Br)c3)cc12. The number of hydrogen-bond donors (Lipinski definition) is 1. The molecule has 9 nitrogen and oxygen atoms in total. The van der Waals surface area contributed by atoms with E-state index in [1.807, 2.05) is 55.5 Å². The number of nitrogens with zero attached hydrogens (tertiary/aromatic N) is 3. The van der Waals surface area contributed by atoms with E-state index >= 15 is 0 Å². The van der Waals surface area contributed by atoms with Gasteiger partial charge >= 0.3 is 0 Å². The van der Waals surface area contributed by atoms with Crippen molar-refractivity contribution in [3.63, 3.8) is 0 Å². The Kier molecular flexibility index (Phi) is 8.32. The molecule has 0 bridgehead atoms. The highest BCUT2D eigenvalue weighted by Crippen LogP contribution is 2.35. The standard InChI is InChI=1S/C33H24Br2N4O5/c1-19-8-3-5-10-25(19)37-30(40)18-43-31-23(34)14-20(15-24(31)35)17-36-39-32(38-26-11-6-4-9-21(26)33(39)41)29-16-22-27(42-2)12-7-13-28(22)44-29/h3-17H,18H2,1-2H3,(H,37,40). The number of carbonyl (C=O) groups is 1. The normalized spacial score (nSPS) is 11.4. The Balaban J connectivity index is 1.31. The molecule has 0 aliphatic carbocycles. The number of hydrogen-bond acceptors (Lipinski definition) is 7. The molecule has 1 N–H and O–H groups in total. The van der Waals surface area contributed by atoms with Crippen LogP contribution in [0.2, 0.25) is 0 Å². The fourth-order valence-corrected chi connectivity index (χ4v) is 6.12. The summed E-state index contributed by atoms with van der Waals surface area (Å²) in [5.41, 5.74) is 3.09. The van der Waals surface area contributed by atoms with Crippen molar-refractivity contribution < 1.29 is 18.7 Å². The maximum absolute atomic E-state index is 13.6. The average Bonchev–Trinajstić information content (AvgIpc) is 3.46. The van der Waals surface area contributed by atoms with Gasteiger partial charge in [0, 0.05) is 5.69 Å². The molecule has 2 aromatic heterocycles. The van der Waals surface area contributed by atoms with Crippen LogP contribution in [0.5, 0.6) is 11.5 Å². The number of fused-ring (bicyclic) bond motifs is 2. The van der Waals surface area contributed by atoms with Gasteiger partial charge in [-0.15, -0.1) is 0 Å². The van der Waals surface area contributed by atoms with E-state index in [-0.39, 0.29) is 23.9 Å². The number of furan rings is 1. The van der Waals surface area contributed by atoms with Gasteiger partial charge in [0.2, 0.25) is 5.82 Å². The highest BCUT2D eigenvalue weighted by atomic mass is 79.9. The fourth-order valence-electron chi connectivity index (χ4n) is 4.67. The quantitative estimate of drug-likeness (QED) is 0.163. The fraction of sp³-hybridized carbons (Fsp3) is 0.0909. The summed E-state index contributed by atoms with van der Waals surface area (Å²) >= 11 is 7.06. The number of nitrogens with one attached hydrogen (secondary N) is 1. The Labute approximate surface area is 268 Å². The number of ether oxygens (including phenoxy) is 2. The minimum Gasteiger partial charge on any atom is -0.496 e. The number of methoxy groups -OCH3 is 1. The van der Waals surface area contributed by atoms with E-state index in [1.54, 1.807) is 43.5 Å². The average molecular weight is 716 g/mol. The van der Waals surface area contributed by atoms with Gasteiger partial charge in [-0.2, -0.15) is 9.78 Å². The molecule has 6 rings (SSSR count). The van der Waals surface area contributed by atoms with Gasteiger partial charge in [0.25, 0.3) is 11.5 Å². The van der Waals surface area contributed by atoms with Crippen molar-refractivity contribution in [3.05, 3.63) is 115 Å². The zero-order valence-corrected chi connectivity index (χ0v) is 26.7. The van der Waals surface area contributed by atoms with Crippen LogP contribution in [0.4, 0.5) is 5.69 Å². The summed E-state index contributed by atoms with van der Waals surface area (Å²) in [4.78, 5) is 30.9. The number of para-hydroxylation sites is 2. The predicted molar refractivity (Wildman–Crippen MR) is 178 cm³/mol. The van der Waals surface area contributed by atoms with Gasteiger partial charge in [-0.05, 0) is 98.4 Å². The van der Waals surface area contributed by atoms with Gasteiger partial charge < -0.3 is 19.2 Å². The van der Waals surface area contributed by atoms with Crippen molar-refractivity contribution in [3.8, 4) is 23.1 Å². The molecule has 6 aromatic rings. The number of halogens is 2. The van der Waals surface area contributed by atoms with Crippen molar-refractivity contribution in [1.82, 2.24) is 9.66 Å². The van der Waals surface area contributed by atoms with Gasteiger partial charge in [-0.3, -0.25) is 9.59 Å². The summed E-state index contributed by atoms with van der Waals surface area (Å²) in [6, 6.07) is 25.4. The van der Waals surface area contributed by atoms with E-state index < -0.39 is 0 Å². The van der Waals surface area contributed by atoms with Crippen LogP contribution in [0, 0.1) is 6.92 Å². The van der Waals surface area contributed by atoms with Crippen LogP contribution in [0.1, 0.15) is 11.1 Å². The molecule has 2 heterocycles. The monoisotopic (exact) mass is 714 g/mol. The highest BCUT2D eigenvalue weighted by Gasteiger charge is 2.18. The smallest absolute Gasteiger partial charge is 0.282 e. The lowest BCUT2D eigenvalue weighted by molar-refractivity contribution is -0.118. The van der Waals surface area contributed by atoms with Gasteiger partial charge in [0.1, 0.15) is 17.1 Å². The van der Waals surface area contributed by atoms with Crippen molar-refractivity contribution in [1.29, 1.82) is 0 Å². The number of amides is 1. The highest BCUT2D eigenvalue weighted by molar-refractivity contribution is 9.11. The second kappa shape index (κ2) is 12.5. The molecule has 0 unspecified atom stereocenters. The molecule has 11 heteroatoms. The van der Waals surface area contributed by atoms with Gasteiger partial charge in [-0.25, -0.2) is 4.98 Å². The first-order chi connectivity index (χ1) is 21.3. The topological polar surface area (TPSA) is 108 Å². The maximum atomic E-state index is 13.6. The molecule has 220 valence electrons. The molecule has 0 fully saturated rings. The van der Waals surface area contributed by atoms with Gasteiger partial charge in [0.05, 0.1) is 38.6 Å². The summed E-state index contributed by atoms with van der Waals surface area (Å²) < 4.78 is 19.8. The van der Waals surface area contributed by atoms with Crippen molar-refractivity contribution in [2.45, 2.75) is 6.92 Å². The summed E-state index contributed by atoms with van der Waals surface area (Å²) in [6.45, 7) is 1.73. The number of rotatable bonds is 8. The van der Waals surface area contributed by atoms with E-state index in [0.717, 1.165) is 16.6 Å². The molecule has 0 saturated carbocycles. The molecule has 0 spiro atoms. The Hall–Kier alpha value is -4.74. The molecule has 0 aliphatic rings. The van der Waals surface area contributed by atoms with E-state index in [2.05, 4.69) is 42.3 Å². The first-order valence-electron chi connectivity index (χ1n) is 13.4. The van der Waals surface area contributed by atoms with Crippen LogP contribution < -0.4 is 20.3 Å².